The summed E-state index contributed by atoms with van der Waals surface area (Å²) in [6.45, 7) is 2.27. The van der Waals surface area contributed by atoms with Crippen LogP contribution in [0, 0.1) is 0 Å². The van der Waals surface area contributed by atoms with Gasteiger partial charge in [-0.25, -0.2) is 17.1 Å². The molecule has 0 aliphatic carbocycles. The number of hydrogen-bond acceptors (Lipinski definition) is 1. The van der Waals surface area contributed by atoms with Gasteiger partial charge in [-0.2, -0.15) is 6.07 Å². The normalized spacial score (nSPS) is 12.5. The standard InChI is InChI=1S/C26H22N2P/c1-20(28-19-27-24-16-8-9-17-25(24)28)23-15-10-18-26(23)29(21-11-4-2-5-12-21)22-13-6-3-7-14-22/h2-20H,1H3/q-1/t20-/m1/s1. The van der Waals surface area contributed by atoms with Crippen molar-refractivity contribution >= 4 is 34.9 Å². The third kappa shape index (κ3) is 3.30. The van der Waals surface area contributed by atoms with Gasteiger partial charge in [-0.3, -0.25) is 0 Å². The maximum absolute atomic E-state index is 4.61. The largest absolute Gasteiger partial charge is 0.335 e. The SMILES string of the molecule is C[C@H]([c-]1cccc1P(c1ccccc1)c1ccccc1)n1cnc2ccccc21. The molecule has 1 aromatic heterocycles. The summed E-state index contributed by atoms with van der Waals surface area (Å²) in [4.78, 5) is 4.61. The smallest absolute Gasteiger partial charge is 0.0954 e. The summed E-state index contributed by atoms with van der Waals surface area (Å²) in [5, 5.41) is 4.18. The van der Waals surface area contributed by atoms with Crippen molar-refractivity contribution in [2.24, 2.45) is 0 Å². The van der Waals surface area contributed by atoms with Crippen LogP contribution in [0.3, 0.4) is 0 Å². The van der Waals surface area contributed by atoms with E-state index in [1.54, 1.807) is 0 Å². The van der Waals surface area contributed by atoms with Crippen molar-refractivity contribution in [1.29, 1.82) is 0 Å². The Morgan fingerprint density at radius 1 is 0.759 bits per heavy atom. The van der Waals surface area contributed by atoms with Gasteiger partial charge in [0.05, 0.1) is 17.4 Å². The number of aromatic nitrogens is 2. The van der Waals surface area contributed by atoms with Gasteiger partial charge >= 0.3 is 0 Å². The van der Waals surface area contributed by atoms with Crippen LogP contribution in [0.5, 0.6) is 0 Å². The molecule has 0 aliphatic heterocycles. The zero-order valence-corrected chi connectivity index (χ0v) is 17.2. The highest BCUT2D eigenvalue weighted by Gasteiger charge is 2.18. The lowest BCUT2D eigenvalue weighted by Gasteiger charge is -2.28. The highest BCUT2D eigenvalue weighted by atomic mass is 31.1. The van der Waals surface area contributed by atoms with Crippen LogP contribution >= 0.6 is 7.92 Å². The van der Waals surface area contributed by atoms with E-state index in [2.05, 4.69) is 114 Å². The van der Waals surface area contributed by atoms with Gasteiger partial charge in [0.25, 0.3) is 0 Å². The summed E-state index contributed by atoms with van der Waals surface area (Å²) in [6, 6.07) is 37.1. The first-order valence-corrected chi connectivity index (χ1v) is 11.2. The van der Waals surface area contributed by atoms with Crippen molar-refractivity contribution in [2.45, 2.75) is 13.0 Å². The molecule has 1 heterocycles. The third-order valence-corrected chi connectivity index (χ3v) is 7.96. The number of rotatable bonds is 5. The lowest BCUT2D eigenvalue weighted by Crippen LogP contribution is -2.23. The van der Waals surface area contributed by atoms with Gasteiger partial charge in [0.15, 0.2) is 0 Å². The summed E-state index contributed by atoms with van der Waals surface area (Å²) in [7, 11) is -0.615. The molecule has 29 heavy (non-hydrogen) atoms. The van der Waals surface area contributed by atoms with E-state index >= 15 is 0 Å². The van der Waals surface area contributed by atoms with Crippen LogP contribution in [0.4, 0.5) is 0 Å². The molecule has 0 fully saturated rings. The fourth-order valence-electron chi connectivity index (χ4n) is 4.00. The second-order valence-corrected chi connectivity index (χ2v) is 9.37. The molecule has 3 heteroatoms. The van der Waals surface area contributed by atoms with Gasteiger partial charge in [0.1, 0.15) is 0 Å². The summed E-state index contributed by atoms with van der Waals surface area (Å²) < 4.78 is 2.29. The van der Waals surface area contributed by atoms with Crippen LogP contribution < -0.4 is 15.9 Å². The van der Waals surface area contributed by atoms with Crippen LogP contribution in [0.25, 0.3) is 11.0 Å². The van der Waals surface area contributed by atoms with E-state index in [1.165, 1.54) is 27.0 Å². The maximum Gasteiger partial charge on any atom is 0.0954 e. The third-order valence-electron chi connectivity index (χ3n) is 5.44. The van der Waals surface area contributed by atoms with Crippen molar-refractivity contribution in [3.8, 4) is 0 Å². The zero-order chi connectivity index (χ0) is 19.6. The predicted octanol–water partition coefficient (Wildman–Crippen LogP) is 5.12. The van der Waals surface area contributed by atoms with Gasteiger partial charge < -0.3 is 4.57 Å². The van der Waals surface area contributed by atoms with Crippen molar-refractivity contribution in [1.82, 2.24) is 9.55 Å². The first-order chi connectivity index (χ1) is 14.3. The minimum Gasteiger partial charge on any atom is -0.335 e. The molecule has 0 bridgehead atoms. The average Bonchev–Trinajstić information content (AvgIpc) is 3.43. The molecule has 0 saturated heterocycles. The Morgan fingerprint density at radius 2 is 1.38 bits per heavy atom. The average molecular weight is 393 g/mol. The van der Waals surface area contributed by atoms with E-state index in [4.69, 9.17) is 0 Å². The number of nitrogens with zero attached hydrogens (tertiary/aromatic N) is 2. The number of hydrogen-bond donors (Lipinski definition) is 0. The second-order valence-electron chi connectivity index (χ2n) is 7.19. The Hall–Kier alpha value is -3.09. The van der Waals surface area contributed by atoms with Gasteiger partial charge in [-0.15, -0.1) is 10.9 Å². The molecular weight excluding hydrogens is 371 g/mol. The molecule has 0 N–H and O–H groups in total. The van der Waals surface area contributed by atoms with Gasteiger partial charge in [0.2, 0.25) is 0 Å². The minimum absolute atomic E-state index is 0.213. The van der Waals surface area contributed by atoms with E-state index in [0.29, 0.717) is 0 Å². The summed E-state index contributed by atoms with van der Waals surface area (Å²) in [5.74, 6) is 0. The van der Waals surface area contributed by atoms with Crippen molar-refractivity contribution < 1.29 is 0 Å². The Labute approximate surface area is 172 Å². The molecule has 0 unspecified atom stereocenters. The fourth-order valence-corrected chi connectivity index (χ4v) is 6.55. The Balaban J connectivity index is 1.64. The molecule has 0 spiro atoms. The molecule has 142 valence electrons. The lowest BCUT2D eigenvalue weighted by atomic mass is 10.1. The first-order valence-electron chi connectivity index (χ1n) is 9.90. The number of imidazole rings is 1. The van der Waals surface area contributed by atoms with Gasteiger partial charge in [-0.1, -0.05) is 79.7 Å². The summed E-state index contributed by atoms with van der Waals surface area (Å²) in [5.41, 5.74) is 3.59. The highest BCUT2D eigenvalue weighted by Crippen LogP contribution is 2.37. The molecule has 0 saturated carbocycles. The van der Waals surface area contributed by atoms with E-state index in [1.807, 2.05) is 12.4 Å². The molecular formula is C26H22N2P-. The zero-order valence-electron chi connectivity index (χ0n) is 16.3. The van der Waals surface area contributed by atoms with Crippen molar-refractivity contribution in [3.63, 3.8) is 0 Å². The second kappa shape index (κ2) is 7.73. The van der Waals surface area contributed by atoms with Crippen molar-refractivity contribution in [3.05, 3.63) is 115 Å². The van der Waals surface area contributed by atoms with Gasteiger partial charge in [-0.05, 0) is 30.7 Å². The predicted molar refractivity (Wildman–Crippen MR) is 124 cm³/mol. The van der Waals surface area contributed by atoms with Crippen molar-refractivity contribution in [2.75, 3.05) is 0 Å². The molecule has 2 nitrogen and oxygen atoms in total. The molecule has 0 amide bonds. The summed E-state index contributed by atoms with van der Waals surface area (Å²) in [6.07, 6.45) is 1.97. The van der Waals surface area contributed by atoms with E-state index < -0.39 is 7.92 Å². The molecule has 5 aromatic rings. The molecule has 0 aliphatic rings. The van der Waals surface area contributed by atoms with Crippen LogP contribution in [0.15, 0.2) is 109 Å². The minimum atomic E-state index is -0.615. The van der Waals surface area contributed by atoms with E-state index in [-0.39, 0.29) is 6.04 Å². The number of benzene rings is 3. The molecule has 4 aromatic carbocycles. The Kier molecular flexibility index (Phi) is 4.79. The van der Waals surface area contributed by atoms with E-state index in [9.17, 15) is 0 Å². The van der Waals surface area contributed by atoms with E-state index in [0.717, 1.165) is 5.52 Å². The molecule has 0 radical (unpaired) electrons. The van der Waals surface area contributed by atoms with Crippen LogP contribution in [0.2, 0.25) is 0 Å². The molecule has 5 rings (SSSR count). The first kappa shape index (κ1) is 18.0. The van der Waals surface area contributed by atoms with Crippen LogP contribution in [0.1, 0.15) is 18.5 Å². The lowest BCUT2D eigenvalue weighted by molar-refractivity contribution is 0.663. The molecule has 1 atom stereocenters. The van der Waals surface area contributed by atoms with Crippen LogP contribution in [-0.4, -0.2) is 9.55 Å². The topological polar surface area (TPSA) is 17.8 Å². The summed E-state index contributed by atoms with van der Waals surface area (Å²) >= 11 is 0. The maximum atomic E-state index is 4.61. The number of para-hydroxylation sites is 2. The highest BCUT2D eigenvalue weighted by molar-refractivity contribution is 7.79. The van der Waals surface area contributed by atoms with Gasteiger partial charge in [0, 0.05) is 6.04 Å². The Morgan fingerprint density at radius 3 is 2.07 bits per heavy atom. The number of fused-ring (bicyclic) bond motifs is 1. The monoisotopic (exact) mass is 393 g/mol. The van der Waals surface area contributed by atoms with Crippen LogP contribution in [-0.2, 0) is 0 Å². The fraction of sp³-hybridized carbons (Fsp3) is 0.0769. The quantitative estimate of drug-likeness (QED) is 0.299. The Bertz CT molecular complexity index is 1180.